The molecule has 0 aliphatic carbocycles. The molecule has 0 spiro atoms. The molecule has 2 heterocycles. The first-order valence-corrected chi connectivity index (χ1v) is 4.68. The minimum absolute atomic E-state index is 0.247. The zero-order valence-corrected chi connectivity index (χ0v) is 8.64. The smallest absolute Gasteiger partial charge is 0.243 e. The maximum absolute atomic E-state index is 5.63. The quantitative estimate of drug-likeness (QED) is 0.801. The molecule has 0 saturated heterocycles. The van der Waals surface area contributed by atoms with Gasteiger partial charge in [0.1, 0.15) is 0 Å². The van der Waals surface area contributed by atoms with Crippen LogP contribution in [0.15, 0.2) is 23.0 Å². The summed E-state index contributed by atoms with van der Waals surface area (Å²) in [5.41, 5.74) is 7.56. The van der Waals surface area contributed by atoms with Crippen molar-refractivity contribution < 1.29 is 4.52 Å². The SMILES string of the molecule is Cc1ccncc1-c1noc(C(C)N)n1. The molecule has 1 atom stereocenters. The second kappa shape index (κ2) is 3.78. The average Bonchev–Trinajstić information content (AvgIpc) is 2.67. The molecule has 0 bridgehead atoms. The summed E-state index contributed by atoms with van der Waals surface area (Å²) >= 11 is 0. The molecule has 0 aliphatic heterocycles. The molecule has 78 valence electrons. The summed E-state index contributed by atoms with van der Waals surface area (Å²) < 4.78 is 5.02. The van der Waals surface area contributed by atoms with Gasteiger partial charge >= 0.3 is 0 Å². The van der Waals surface area contributed by atoms with E-state index in [4.69, 9.17) is 10.3 Å². The summed E-state index contributed by atoms with van der Waals surface area (Å²) in [7, 11) is 0. The summed E-state index contributed by atoms with van der Waals surface area (Å²) in [4.78, 5) is 8.22. The van der Waals surface area contributed by atoms with Crippen LogP contribution < -0.4 is 5.73 Å². The fourth-order valence-corrected chi connectivity index (χ4v) is 1.23. The highest BCUT2D eigenvalue weighted by molar-refractivity contribution is 5.57. The van der Waals surface area contributed by atoms with E-state index in [9.17, 15) is 0 Å². The van der Waals surface area contributed by atoms with E-state index in [1.807, 2.05) is 13.0 Å². The van der Waals surface area contributed by atoms with Crippen LogP contribution in [0.3, 0.4) is 0 Å². The number of hydrogen-bond donors (Lipinski definition) is 1. The van der Waals surface area contributed by atoms with Crippen LogP contribution in [0, 0.1) is 6.92 Å². The van der Waals surface area contributed by atoms with Gasteiger partial charge in [0.15, 0.2) is 0 Å². The molecule has 2 aromatic rings. The van der Waals surface area contributed by atoms with Crippen LogP contribution in [0.1, 0.15) is 24.4 Å². The third-order valence-electron chi connectivity index (χ3n) is 2.11. The fourth-order valence-electron chi connectivity index (χ4n) is 1.23. The molecule has 0 aromatic carbocycles. The van der Waals surface area contributed by atoms with Crippen molar-refractivity contribution in [1.29, 1.82) is 0 Å². The number of nitrogens with zero attached hydrogens (tertiary/aromatic N) is 3. The molecule has 5 heteroatoms. The van der Waals surface area contributed by atoms with Crippen molar-refractivity contribution in [3.63, 3.8) is 0 Å². The molecule has 5 nitrogen and oxygen atoms in total. The van der Waals surface area contributed by atoms with Crippen LogP contribution in [-0.4, -0.2) is 15.1 Å². The van der Waals surface area contributed by atoms with E-state index < -0.39 is 0 Å². The zero-order valence-electron chi connectivity index (χ0n) is 8.64. The Kier molecular flexibility index (Phi) is 2.47. The third-order valence-corrected chi connectivity index (χ3v) is 2.11. The van der Waals surface area contributed by atoms with E-state index in [0.29, 0.717) is 11.7 Å². The van der Waals surface area contributed by atoms with Gasteiger partial charge in [0.05, 0.1) is 6.04 Å². The lowest BCUT2D eigenvalue weighted by molar-refractivity contribution is 0.362. The van der Waals surface area contributed by atoms with Gasteiger partial charge in [-0.3, -0.25) is 4.98 Å². The molecule has 1 unspecified atom stereocenters. The molecule has 0 amide bonds. The van der Waals surface area contributed by atoms with E-state index >= 15 is 0 Å². The largest absolute Gasteiger partial charge is 0.337 e. The summed E-state index contributed by atoms with van der Waals surface area (Å²) in [6, 6.07) is 1.65. The van der Waals surface area contributed by atoms with Crippen LogP contribution in [-0.2, 0) is 0 Å². The van der Waals surface area contributed by atoms with Crippen LogP contribution in [0.5, 0.6) is 0 Å². The Morgan fingerprint density at radius 1 is 1.47 bits per heavy atom. The van der Waals surface area contributed by atoms with Gasteiger partial charge in [-0.15, -0.1) is 0 Å². The lowest BCUT2D eigenvalue weighted by atomic mass is 10.1. The fraction of sp³-hybridized carbons (Fsp3) is 0.300. The highest BCUT2D eigenvalue weighted by Gasteiger charge is 2.12. The Balaban J connectivity index is 2.42. The summed E-state index contributed by atoms with van der Waals surface area (Å²) in [5.74, 6) is 0.973. The Labute approximate surface area is 87.3 Å². The van der Waals surface area contributed by atoms with Crippen molar-refractivity contribution in [3.05, 3.63) is 29.9 Å². The second-order valence-electron chi connectivity index (χ2n) is 3.44. The third kappa shape index (κ3) is 1.87. The molecule has 2 rings (SSSR count). The van der Waals surface area contributed by atoms with E-state index in [1.165, 1.54) is 0 Å². The van der Waals surface area contributed by atoms with Crippen molar-refractivity contribution in [2.45, 2.75) is 19.9 Å². The maximum Gasteiger partial charge on any atom is 0.243 e. The molecular formula is C10H12N4O. The monoisotopic (exact) mass is 204 g/mol. The predicted octanol–water partition coefficient (Wildman–Crippen LogP) is 1.46. The van der Waals surface area contributed by atoms with Gasteiger partial charge in [0.25, 0.3) is 0 Å². The number of hydrogen-bond acceptors (Lipinski definition) is 5. The van der Waals surface area contributed by atoms with Crippen LogP contribution >= 0.6 is 0 Å². The van der Waals surface area contributed by atoms with Crippen molar-refractivity contribution in [2.75, 3.05) is 0 Å². The molecular weight excluding hydrogens is 192 g/mol. The summed E-state index contributed by atoms with van der Waals surface area (Å²) in [6.07, 6.45) is 3.44. The first kappa shape index (κ1) is 9.79. The average molecular weight is 204 g/mol. The van der Waals surface area contributed by atoms with Gasteiger partial charge in [-0.1, -0.05) is 5.16 Å². The normalized spacial score (nSPS) is 12.7. The Hall–Kier alpha value is -1.75. The number of rotatable bonds is 2. The van der Waals surface area contributed by atoms with E-state index in [2.05, 4.69) is 15.1 Å². The maximum atomic E-state index is 5.63. The number of aromatic nitrogens is 3. The highest BCUT2D eigenvalue weighted by atomic mass is 16.5. The van der Waals surface area contributed by atoms with Gasteiger partial charge in [-0.05, 0) is 25.5 Å². The molecule has 0 aliphatic rings. The van der Waals surface area contributed by atoms with Crippen LogP contribution in [0.25, 0.3) is 11.4 Å². The molecule has 2 aromatic heterocycles. The van der Waals surface area contributed by atoms with Crippen molar-refractivity contribution in [2.24, 2.45) is 5.73 Å². The van der Waals surface area contributed by atoms with Gasteiger partial charge in [-0.2, -0.15) is 4.98 Å². The first-order chi connectivity index (χ1) is 7.18. The molecule has 0 fully saturated rings. The molecule has 2 N–H and O–H groups in total. The Morgan fingerprint density at radius 3 is 2.87 bits per heavy atom. The van der Waals surface area contributed by atoms with Crippen molar-refractivity contribution in [1.82, 2.24) is 15.1 Å². The topological polar surface area (TPSA) is 77.8 Å². The second-order valence-corrected chi connectivity index (χ2v) is 3.44. The Morgan fingerprint density at radius 2 is 2.27 bits per heavy atom. The van der Waals surface area contributed by atoms with Gasteiger partial charge < -0.3 is 10.3 Å². The molecule has 0 radical (unpaired) electrons. The van der Waals surface area contributed by atoms with Crippen molar-refractivity contribution in [3.8, 4) is 11.4 Å². The number of aryl methyl sites for hydroxylation is 1. The van der Waals surface area contributed by atoms with Gasteiger partial charge in [0.2, 0.25) is 11.7 Å². The lowest BCUT2D eigenvalue weighted by Gasteiger charge is -1.97. The van der Waals surface area contributed by atoms with E-state index in [1.54, 1.807) is 19.3 Å². The predicted molar refractivity (Wildman–Crippen MR) is 54.9 cm³/mol. The van der Waals surface area contributed by atoms with Gasteiger partial charge in [-0.25, -0.2) is 0 Å². The lowest BCUT2D eigenvalue weighted by Crippen LogP contribution is -2.04. The molecule has 0 saturated carbocycles. The number of nitrogens with two attached hydrogens (primary N) is 1. The molecule has 15 heavy (non-hydrogen) atoms. The summed E-state index contributed by atoms with van der Waals surface area (Å²) in [6.45, 7) is 3.77. The van der Waals surface area contributed by atoms with E-state index in [0.717, 1.165) is 11.1 Å². The zero-order chi connectivity index (χ0) is 10.8. The highest BCUT2D eigenvalue weighted by Crippen LogP contribution is 2.19. The van der Waals surface area contributed by atoms with E-state index in [-0.39, 0.29) is 6.04 Å². The van der Waals surface area contributed by atoms with Crippen LogP contribution in [0.4, 0.5) is 0 Å². The minimum Gasteiger partial charge on any atom is -0.337 e. The first-order valence-electron chi connectivity index (χ1n) is 4.68. The number of pyridine rings is 1. The summed E-state index contributed by atoms with van der Waals surface area (Å²) in [5, 5.41) is 3.86. The minimum atomic E-state index is -0.247. The van der Waals surface area contributed by atoms with Crippen LogP contribution in [0.2, 0.25) is 0 Å². The van der Waals surface area contributed by atoms with Gasteiger partial charge in [0, 0.05) is 18.0 Å². The Bertz CT molecular complexity index is 464. The standard InChI is InChI=1S/C10H12N4O/c1-6-3-4-12-5-8(6)9-13-10(7(2)11)15-14-9/h3-5,7H,11H2,1-2H3. The van der Waals surface area contributed by atoms with Crippen molar-refractivity contribution >= 4 is 0 Å².